The smallest absolute Gasteiger partial charge is 0.296 e. The van der Waals surface area contributed by atoms with E-state index >= 15 is 0 Å². The summed E-state index contributed by atoms with van der Waals surface area (Å²) < 4.78 is 44.0. The molecule has 1 saturated heterocycles. The minimum absolute atomic E-state index is 0.00474. The maximum Gasteiger partial charge on any atom is 0.296 e. The van der Waals surface area contributed by atoms with E-state index in [4.69, 9.17) is 13.3 Å². The van der Waals surface area contributed by atoms with Crippen LogP contribution in [0.25, 0.3) is 0 Å². The van der Waals surface area contributed by atoms with Crippen LogP contribution in [-0.2, 0) is 25.5 Å². The minimum Gasteiger partial charge on any atom is -0.543 e. The van der Waals surface area contributed by atoms with Crippen LogP contribution in [0.15, 0.2) is 47.4 Å². The molecule has 0 saturated carbocycles. The van der Waals surface area contributed by atoms with Crippen molar-refractivity contribution in [3.8, 4) is 5.75 Å². The van der Waals surface area contributed by atoms with Gasteiger partial charge in [-0.05, 0) is 73.8 Å². The molecule has 3 atom stereocenters. The summed E-state index contributed by atoms with van der Waals surface area (Å²) in [5.74, 6) is 0.940. The normalized spacial score (nSPS) is 24.5. The summed E-state index contributed by atoms with van der Waals surface area (Å²) in [7, 11) is -5.54. The van der Waals surface area contributed by atoms with Crippen LogP contribution in [0.4, 0.5) is 0 Å². The van der Waals surface area contributed by atoms with E-state index in [0.717, 1.165) is 42.3 Å². The third-order valence-corrected chi connectivity index (χ3v) is 13.6. The number of aryl methyl sites for hydroxylation is 1. The molecule has 180 valence electrons. The maximum absolute atomic E-state index is 12.7. The average Bonchev–Trinajstić information content (AvgIpc) is 3.08. The minimum atomic E-state index is -3.79. The molecule has 2 heterocycles. The van der Waals surface area contributed by atoms with Gasteiger partial charge >= 0.3 is 0 Å². The molecule has 2 aliphatic rings. The van der Waals surface area contributed by atoms with Crippen molar-refractivity contribution >= 4 is 18.4 Å². The summed E-state index contributed by atoms with van der Waals surface area (Å²) in [4.78, 5) is 0.195. The summed E-state index contributed by atoms with van der Waals surface area (Å²) in [6.07, 6.45) is 1.43. The van der Waals surface area contributed by atoms with Gasteiger partial charge in [0.2, 0.25) is 8.32 Å². The highest BCUT2D eigenvalue weighted by Crippen LogP contribution is 2.51. The zero-order valence-electron chi connectivity index (χ0n) is 20.4. The molecule has 7 heteroatoms. The van der Waals surface area contributed by atoms with Crippen molar-refractivity contribution in [2.24, 2.45) is 5.92 Å². The number of hydrogen-bond donors (Lipinski definition) is 0. The van der Waals surface area contributed by atoms with E-state index in [2.05, 4.69) is 45.9 Å². The Hall–Kier alpha value is -1.67. The Kier molecular flexibility index (Phi) is 6.80. The molecule has 2 aromatic carbocycles. The predicted octanol–water partition coefficient (Wildman–Crippen LogP) is 6.18. The van der Waals surface area contributed by atoms with Gasteiger partial charge in [0.25, 0.3) is 10.1 Å². The zero-order valence-corrected chi connectivity index (χ0v) is 22.2. The van der Waals surface area contributed by atoms with E-state index in [1.54, 1.807) is 24.3 Å². The van der Waals surface area contributed by atoms with Crippen LogP contribution in [0.2, 0.25) is 18.1 Å². The lowest BCUT2D eigenvalue weighted by molar-refractivity contribution is -0.0622. The first kappa shape index (κ1) is 24.5. The van der Waals surface area contributed by atoms with Crippen LogP contribution >= 0.6 is 0 Å². The highest BCUT2D eigenvalue weighted by atomic mass is 32.2. The van der Waals surface area contributed by atoms with Crippen LogP contribution in [0, 0.1) is 12.8 Å². The number of hydrogen-bond acceptors (Lipinski definition) is 5. The summed E-state index contributed by atoms with van der Waals surface area (Å²) in [6.45, 7) is 10.8. The molecule has 0 aliphatic carbocycles. The maximum atomic E-state index is 12.7. The molecule has 4 rings (SSSR count). The third kappa shape index (κ3) is 4.78. The van der Waals surface area contributed by atoms with Crippen LogP contribution in [0.3, 0.4) is 0 Å². The van der Waals surface area contributed by atoms with Crippen LogP contribution in [0.5, 0.6) is 5.75 Å². The quantitative estimate of drug-likeness (QED) is 0.312. The van der Waals surface area contributed by atoms with Crippen molar-refractivity contribution in [1.29, 1.82) is 0 Å². The van der Waals surface area contributed by atoms with Crippen molar-refractivity contribution in [2.45, 2.75) is 82.2 Å². The molecule has 2 aromatic rings. The van der Waals surface area contributed by atoms with Crippen molar-refractivity contribution < 1.29 is 21.8 Å². The second-order valence-corrected chi connectivity index (χ2v) is 16.1. The van der Waals surface area contributed by atoms with Crippen molar-refractivity contribution in [3.63, 3.8) is 0 Å². The van der Waals surface area contributed by atoms with E-state index in [1.165, 1.54) is 11.1 Å². The summed E-state index contributed by atoms with van der Waals surface area (Å²) in [6, 6.07) is 16.5. The van der Waals surface area contributed by atoms with Gasteiger partial charge in [-0.15, -0.1) is 0 Å². The molecule has 5 nitrogen and oxygen atoms in total. The molecule has 0 unspecified atom stereocenters. The topological polar surface area (TPSA) is 61.8 Å². The van der Waals surface area contributed by atoms with Crippen LogP contribution in [0.1, 0.15) is 56.9 Å². The fourth-order valence-electron chi connectivity index (χ4n) is 5.23. The molecular weight excluding hydrogens is 452 g/mol. The first-order chi connectivity index (χ1) is 15.6. The van der Waals surface area contributed by atoms with E-state index in [1.807, 2.05) is 6.92 Å². The lowest BCUT2D eigenvalue weighted by Crippen LogP contribution is -2.40. The highest BCUT2D eigenvalue weighted by molar-refractivity contribution is 7.86. The number of benzene rings is 2. The van der Waals surface area contributed by atoms with Gasteiger partial charge in [0.1, 0.15) is 5.75 Å². The van der Waals surface area contributed by atoms with Gasteiger partial charge in [0.15, 0.2) is 0 Å². The van der Waals surface area contributed by atoms with Gasteiger partial charge in [-0.2, -0.15) is 8.42 Å². The molecule has 0 N–H and O–H groups in total. The van der Waals surface area contributed by atoms with E-state index in [-0.39, 0.29) is 23.5 Å². The summed E-state index contributed by atoms with van der Waals surface area (Å²) in [5.41, 5.74) is 3.02. The van der Waals surface area contributed by atoms with Gasteiger partial charge < -0.3 is 9.16 Å². The Morgan fingerprint density at radius 1 is 1.06 bits per heavy atom. The van der Waals surface area contributed by atoms with Gasteiger partial charge in [-0.25, -0.2) is 0 Å². The molecule has 33 heavy (non-hydrogen) atoms. The number of ether oxygens (including phenoxy) is 1. The Labute approximate surface area is 199 Å². The monoisotopic (exact) mass is 488 g/mol. The van der Waals surface area contributed by atoms with Crippen molar-refractivity contribution in [1.82, 2.24) is 0 Å². The molecule has 2 bridgehead atoms. The fourth-order valence-corrected chi connectivity index (χ4v) is 8.74. The second kappa shape index (κ2) is 9.17. The van der Waals surface area contributed by atoms with E-state index < -0.39 is 24.0 Å². The second-order valence-electron chi connectivity index (χ2n) is 9.79. The molecule has 0 amide bonds. The van der Waals surface area contributed by atoms with Crippen molar-refractivity contribution in [2.75, 3.05) is 6.61 Å². The largest absolute Gasteiger partial charge is 0.543 e. The highest BCUT2D eigenvalue weighted by Gasteiger charge is 2.50. The lowest BCUT2D eigenvalue weighted by Gasteiger charge is -2.35. The van der Waals surface area contributed by atoms with Gasteiger partial charge in [-0.1, -0.05) is 44.5 Å². The average molecular weight is 489 g/mol. The lowest BCUT2D eigenvalue weighted by atomic mass is 9.85. The molecule has 0 radical (unpaired) electrons. The molecule has 1 fully saturated rings. The fraction of sp³-hybridized carbons (Fsp3) is 0.538. The molecular formula is C26H36O5SSi. The summed E-state index contributed by atoms with van der Waals surface area (Å²) in [5, 5.41) is 0. The van der Waals surface area contributed by atoms with Gasteiger partial charge in [-0.3, -0.25) is 4.18 Å². The van der Waals surface area contributed by atoms with Crippen LogP contribution < -0.4 is 4.43 Å². The Balaban J connectivity index is 1.49. The molecule has 0 spiro atoms. The van der Waals surface area contributed by atoms with E-state index in [0.29, 0.717) is 0 Å². The summed E-state index contributed by atoms with van der Waals surface area (Å²) >= 11 is 0. The first-order valence-corrected chi connectivity index (χ1v) is 16.0. The SMILES string of the molecule is CC[Si](CC)(CC)Oc1ccc2c(c1)[C@@H]1C[C@H](COS(=O)(=O)c3ccc(C)cc3)[C@](C)(C2)O1. The standard InChI is InChI=1S/C26H36O5SSi/c1-6-33(7-2,8-3)31-22-12-11-20-17-26(5)21(15-25(30-26)24(20)16-22)18-29-32(27,28)23-13-9-19(4)10-14-23/h9-14,16,21,25H,6-8,15,17-18H2,1-5H3/t21-,25+,26+/m1/s1. The van der Waals surface area contributed by atoms with Crippen molar-refractivity contribution in [3.05, 3.63) is 59.2 Å². The van der Waals surface area contributed by atoms with E-state index in [9.17, 15) is 8.42 Å². The molecule has 2 aliphatic heterocycles. The predicted molar refractivity (Wildman–Crippen MR) is 133 cm³/mol. The Morgan fingerprint density at radius 3 is 2.36 bits per heavy atom. The number of rotatable bonds is 9. The Bertz CT molecular complexity index is 1090. The number of fused-ring (bicyclic) bond motifs is 4. The third-order valence-electron chi connectivity index (χ3n) is 7.78. The van der Waals surface area contributed by atoms with Crippen LogP contribution in [-0.4, -0.2) is 28.9 Å². The molecule has 0 aromatic heterocycles. The van der Waals surface area contributed by atoms with Gasteiger partial charge in [0, 0.05) is 12.3 Å². The first-order valence-electron chi connectivity index (χ1n) is 12.1. The zero-order chi connectivity index (χ0) is 23.9. The van der Waals surface area contributed by atoms with Gasteiger partial charge in [0.05, 0.1) is 23.2 Å². The Morgan fingerprint density at radius 2 is 1.73 bits per heavy atom.